The highest BCUT2D eigenvalue weighted by molar-refractivity contribution is 5.79. The highest BCUT2D eigenvalue weighted by Crippen LogP contribution is 2.64. The number of hydrogen-bond donors (Lipinski definition) is 0. The van der Waals surface area contributed by atoms with Gasteiger partial charge in [-0.3, -0.25) is 4.79 Å². The Bertz CT molecular complexity index is 525. The quantitative estimate of drug-likeness (QED) is 0.688. The third-order valence-electron chi connectivity index (χ3n) is 7.09. The molecule has 0 spiro atoms. The summed E-state index contributed by atoms with van der Waals surface area (Å²) >= 11 is 0. The van der Waals surface area contributed by atoms with Crippen LogP contribution in [0.5, 0.6) is 0 Å². The van der Waals surface area contributed by atoms with Crippen LogP contribution in [0.25, 0.3) is 0 Å². The molecule has 0 N–H and O–H groups in total. The summed E-state index contributed by atoms with van der Waals surface area (Å²) in [6.07, 6.45) is 5.57. The number of esters is 2. The molecule has 23 heavy (non-hydrogen) atoms. The van der Waals surface area contributed by atoms with Gasteiger partial charge in [0.1, 0.15) is 5.60 Å². The Morgan fingerprint density at radius 3 is 2.48 bits per heavy atom. The summed E-state index contributed by atoms with van der Waals surface area (Å²) in [6.45, 7) is 10.6. The highest BCUT2D eigenvalue weighted by atomic mass is 16.6. The van der Waals surface area contributed by atoms with E-state index in [1.807, 2.05) is 0 Å². The minimum atomic E-state index is -0.730. The molecule has 3 rings (SSSR count). The fraction of sp³-hybridized carbons (Fsp3) is 0.895. The lowest BCUT2D eigenvalue weighted by atomic mass is 9.44. The molecule has 0 aromatic rings. The normalized spacial score (nSPS) is 45.4. The molecule has 4 heteroatoms. The van der Waals surface area contributed by atoms with Crippen LogP contribution in [0, 0.1) is 22.7 Å². The molecule has 0 aromatic heterocycles. The number of rotatable bonds is 1. The van der Waals surface area contributed by atoms with Crippen LogP contribution in [-0.4, -0.2) is 23.6 Å². The van der Waals surface area contributed by atoms with Crippen molar-refractivity contribution in [2.24, 2.45) is 22.7 Å². The lowest BCUT2D eigenvalue weighted by Crippen LogP contribution is -2.63. The summed E-state index contributed by atoms with van der Waals surface area (Å²) < 4.78 is 11.1. The van der Waals surface area contributed by atoms with E-state index in [-0.39, 0.29) is 17.3 Å². The topological polar surface area (TPSA) is 52.6 Å². The molecule has 1 aliphatic heterocycles. The number of ether oxygens (including phenoxy) is 2. The summed E-state index contributed by atoms with van der Waals surface area (Å²) in [7, 11) is 0. The molecular formula is C19H30O4. The van der Waals surface area contributed by atoms with Gasteiger partial charge < -0.3 is 9.47 Å². The minimum absolute atomic E-state index is 0.147. The van der Waals surface area contributed by atoms with Crippen LogP contribution >= 0.6 is 0 Å². The van der Waals surface area contributed by atoms with Crippen LogP contribution in [0.1, 0.15) is 73.1 Å². The van der Waals surface area contributed by atoms with Crippen LogP contribution in [0.15, 0.2) is 0 Å². The first-order chi connectivity index (χ1) is 10.6. The summed E-state index contributed by atoms with van der Waals surface area (Å²) in [5.74, 6) is 0.125. The SMILES string of the molecule is CC(=O)O[C@H]1C[C@@H]2[C@@]3(C)CCCC(C)(C)[C@@H]3CC[C@@]2(C)OC1=O. The summed E-state index contributed by atoms with van der Waals surface area (Å²) in [5.41, 5.74) is 0.0625. The second-order valence-electron chi connectivity index (χ2n) is 9.06. The maximum atomic E-state index is 12.3. The van der Waals surface area contributed by atoms with Gasteiger partial charge in [-0.05, 0) is 49.4 Å². The molecular weight excluding hydrogens is 292 g/mol. The molecule has 0 unspecified atom stereocenters. The van der Waals surface area contributed by atoms with E-state index >= 15 is 0 Å². The minimum Gasteiger partial charge on any atom is -0.456 e. The van der Waals surface area contributed by atoms with E-state index < -0.39 is 17.7 Å². The largest absolute Gasteiger partial charge is 0.456 e. The van der Waals surface area contributed by atoms with Crippen molar-refractivity contribution in [3.05, 3.63) is 0 Å². The van der Waals surface area contributed by atoms with Crippen LogP contribution in [0.2, 0.25) is 0 Å². The van der Waals surface area contributed by atoms with Gasteiger partial charge in [0, 0.05) is 19.3 Å². The fourth-order valence-electron chi connectivity index (χ4n) is 6.15. The van der Waals surface area contributed by atoms with Crippen molar-refractivity contribution >= 4 is 11.9 Å². The maximum Gasteiger partial charge on any atom is 0.348 e. The van der Waals surface area contributed by atoms with Crippen LogP contribution in [0.3, 0.4) is 0 Å². The first-order valence-electron chi connectivity index (χ1n) is 8.99. The smallest absolute Gasteiger partial charge is 0.348 e. The number of fused-ring (bicyclic) bond motifs is 3. The molecule has 2 aliphatic carbocycles. The van der Waals surface area contributed by atoms with Crippen LogP contribution in [-0.2, 0) is 19.1 Å². The number of carbonyl (C=O) groups is 2. The molecule has 1 heterocycles. The second kappa shape index (κ2) is 5.22. The molecule has 0 bridgehead atoms. The maximum absolute atomic E-state index is 12.3. The predicted octanol–water partition coefficient (Wildman–Crippen LogP) is 3.87. The molecule has 2 saturated carbocycles. The average Bonchev–Trinajstić information content (AvgIpc) is 2.39. The Hall–Kier alpha value is -1.06. The average molecular weight is 322 g/mol. The first-order valence-corrected chi connectivity index (χ1v) is 8.99. The van der Waals surface area contributed by atoms with E-state index in [1.165, 1.54) is 26.2 Å². The van der Waals surface area contributed by atoms with Crippen molar-refractivity contribution in [3.8, 4) is 0 Å². The molecule has 0 radical (unpaired) electrons. The van der Waals surface area contributed by atoms with Crippen molar-refractivity contribution in [1.82, 2.24) is 0 Å². The highest BCUT2D eigenvalue weighted by Gasteiger charge is 2.62. The number of hydrogen-bond acceptors (Lipinski definition) is 4. The Morgan fingerprint density at radius 2 is 1.83 bits per heavy atom. The molecule has 3 fully saturated rings. The third kappa shape index (κ3) is 2.58. The van der Waals surface area contributed by atoms with Gasteiger partial charge in [0.2, 0.25) is 0 Å². The summed E-state index contributed by atoms with van der Waals surface area (Å²) in [4.78, 5) is 23.6. The Balaban J connectivity index is 1.94. The van der Waals surface area contributed by atoms with E-state index in [4.69, 9.17) is 9.47 Å². The molecule has 4 nitrogen and oxygen atoms in total. The second-order valence-corrected chi connectivity index (χ2v) is 9.06. The lowest BCUT2D eigenvalue weighted by Gasteiger charge is -2.63. The van der Waals surface area contributed by atoms with Gasteiger partial charge in [-0.15, -0.1) is 0 Å². The van der Waals surface area contributed by atoms with Crippen molar-refractivity contribution in [2.45, 2.75) is 84.8 Å². The van der Waals surface area contributed by atoms with Gasteiger partial charge in [-0.2, -0.15) is 0 Å². The van der Waals surface area contributed by atoms with E-state index in [0.29, 0.717) is 17.8 Å². The van der Waals surface area contributed by atoms with Gasteiger partial charge in [0.05, 0.1) is 0 Å². The molecule has 0 amide bonds. The summed E-state index contributed by atoms with van der Waals surface area (Å²) in [5, 5.41) is 0. The third-order valence-corrected chi connectivity index (χ3v) is 7.09. The van der Waals surface area contributed by atoms with E-state index in [0.717, 1.165) is 12.8 Å². The molecule has 1 saturated heterocycles. The number of carbonyl (C=O) groups excluding carboxylic acids is 2. The Labute approximate surface area is 139 Å². The van der Waals surface area contributed by atoms with Crippen molar-refractivity contribution in [1.29, 1.82) is 0 Å². The van der Waals surface area contributed by atoms with Gasteiger partial charge in [-0.25, -0.2) is 4.79 Å². The molecule has 5 atom stereocenters. The Morgan fingerprint density at radius 1 is 1.13 bits per heavy atom. The van der Waals surface area contributed by atoms with Gasteiger partial charge in [0.15, 0.2) is 6.10 Å². The first kappa shape index (κ1) is 16.8. The van der Waals surface area contributed by atoms with E-state index in [9.17, 15) is 9.59 Å². The predicted molar refractivity (Wildman–Crippen MR) is 86.6 cm³/mol. The monoisotopic (exact) mass is 322 g/mol. The zero-order valence-electron chi connectivity index (χ0n) is 15.1. The van der Waals surface area contributed by atoms with Crippen LogP contribution in [0.4, 0.5) is 0 Å². The van der Waals surface area contributed by atoms with E-state index in [1.54, 1.807) is 0 Å². The van der Waals surface area contributed by atoms with Crippen LogP contribution < -0.4 is 0 Å². The zero-order valence-corrected chi connectivity index (χ0v) is 15.1. The Kier molecular flexibility index (Phi) is 3.81. The van der Waals surface area contributed by atoms with Crippen molar-refractivity contribution in [3.63, 3.8) is 0 Å². The fourth-order valence-corrected chi connectivity index (χ4v) is 6.15. The lowest BCUT2D eigenvalue weighted by molar-refractivity contribution is -0.233. The van der Waals surface area contributed by atoms with Crippen molar-refractivity contribution < 1.29 is 19.1 Å². The molecule has 130 valence electrons. The standard InChI is InChI=1S/C19H30O4/c1-12(20)22-13-11-15-18(4)9-6-8-17(2,3)14(18)7-10-19(15,5)23-16(13)21/h13-15H,6-11H2,1-5H3/t13-,14-,15+,18-,19+/m0/s1. The molecule has 0 aromatic carbocycles. The van der Waals surface area contributed by atoms with Gasteiger partial charge >= 0.3 is 11.9 Å². The van der Waals surface area contributed by atoms with Gasteiger partial charge in [0.25, 0.3) is 0 Å². The van der Waals surface area contributed by atoms with E-state index in [2.05, 4.69) is 27.7 Å². The molecule has 3 aliphatic rings. The zero-order chi connectivity index (χ0) is 17.0. The van der Waals surface area contributed by atoms with Gasteiger partial charge in [-0.1, -0.05) is 27.2 Å². The van der Waals surface area contributed by atoms with Crippen molar-refractivity contribution in [2.75, 3.05) is 0 Å². The summed E-state index contributed by atoms with van der Waals surface area (Å²) in [6, 6.07) is 0.